The molecule has 0 amide bonds. The van der Waals surface area contributed by atoms with Gasteiger partial charge in [-0.1, -0.05) is 35.9 Å². The highest BCUT2D eigenvalue weighted by molar-refractivity contribution is 7.86. The van der Waals surface area contributed by atoms with Gasteiger partial charge in [0.15, 0.2) is 5.75 Å². The smallest absolute Gasteiger partial charge is 0.416 e. The summed E-state index contributed by atoms with van der Waals surface area (Å²) in [4.78, 5) is 8.61. The highest BCUT2D eigenvalue weighted by Gasteiger charge is 2.34. The summed E-state index contributed by atoms with van der Waals surface area (Å²) in [6, 6.07) is 15.8. The minimum atomic E-state index is -4.91. The van der Waals surface area contributed by atoms with Crippen LogP contribution in [0.2, 0.25) is 5.02 Å². The minimum Gasteiger partial charge on any atom is -0.454 e. The van der Waals surface area contributed by atoms with E-state index in [4.69, 9.17) is 21.3 Å². The quantitative estimate of drug-likeness (QED) is 0.277. The Bertz CT molecular complexity index is 1470. The molecule has 2 heterocycles. The molecule has 1 atom stereocenters. The van der Waals surface area contributed by atoms with Gasteiger partial charge in [-0.05, 0) is 48.0 Å². The van der Waals surface area contributed by atoms with Gasteiger partial charge < -0.3 is 9.64 Å². The first-order valence-corrected chi connectivity index (χ1v) is 13.6. The molecule has 1 saturated heterocycles. The van der Waals surface area contributed by atoms with Crippen molar-refractivity contribution >= 4 is 33.3 Å². The molecule has 3 aromatic rings. The lowest BCUT2D eigenvalue weighted by Crippen LogP contribution is -2.50. The van der Waals surface area contributed by atoms with Crippen LogP contribution in [0.3, 0.4) is 0 Å². The molecule has 0 radical (unpaired) electrons. The van der Waals surface area contributed by atoms with Gasteiger partial charge in [0.2, 0.25) is 0 Å². The number of benzene rings is 3. The molecular formula is C26H22ClF4N3O3S. The second kappa shape index (κ2) is 10.2. The Morgan fingerprint density at radius 1 is 0.947 bits per heavy atom. The molecule has 0 spiro atoms. The fraction of sp³-hybridized carbons (Fsp3) is 0.269. The lowest BCUT2D eigenvalue weighted by molar-refractivity contribution is -0.137. The van der Waals surface area contributed by atoms with Crippen molar-refractivity contribution in [1.29, 1.82) is 0 Å². The Labute approximate surface area is 222 Å². The van der Waals surface area contributed by atoms with Crippen molar-refractivity contribution < 1.29 is 30.2 Å². The van der Waals surface area contributed by atoms with Gasteiger partial charge in [0.1, 0.15) is 17.3 Å². The molecule has 0 aliphatic carbocycles. The average Bonchev–Trinajstić information content (AvgIpc) is 3.03. The van der Waals surface area contributed by atoms with E-state index in [-0.39, 0.29) is 0 Å². The number of fused-ring (bicyclic) bond motifs is 2. The number of piperazine rings is 1. The normalized spacial score (nSPS) is 17.1. The van der Waals surface area contributed by atoms with E-state index in [9.17, 15) is 25.5 Å². The number of ether oxygens (including phenoxy) is 1. The fourth-order valence-electron chi connectivity index (χ4n) is 4.68. The molecule has 12 heteroatoms. The van der Waals surface area contributed by atoms with Gasteiger partial charge in [0.05, 0.1) is 22.9 Å². The molecule has 0 unspecified atom stereocenters. The van der Waals surface area contributed by atoms with E-state index in [1.54, 1.807) is 23.1 Å². The predicted octanol–water partition coefficient (Wildman–Crippen LogP) is 6.20. The molecule has 1 fully saturated rings. The van der Waals surface area contributed by atoms with E-state index in [2.05, 4.69) is 0 Å². The monoisotopic (exact) mass is 567 g/mol. The Hall–Kier alpha value is -3.15. The molecule has 38 heavy (non-hydrogen) atoms. The Kier molecular flexibility index (Phi) is 7.10. The molecule has 3 aromatic carbocycles. The summed E-state index contributed by atoms with van der Waals surface area (Å²) in [7, 11) is -4.91. The number of rotatable bonds is 4. The summed E-state index contributed by atoms with van der Waals surface area (Å²) in [5, 5.41) is 0.500. The highest BCUT2D eigenvalue weighted by atomic mass is 35.5. The van der Waals surface area contributed by atoms with Crippen molar-refractivity contribution in [3.8, 4) is 11.5 Å². The summed E-state index contributed by atoms with van der Waals surface area (Å²) in [5.74, 6) is 0.919. The molecule has 0 saturated carbocycles. The second-order valence-corrected chi connectivity index (χ2v) is 10.9. The number of hydrogen-bond acceptors (Lipinski definition) is 6. The van der Waals surface area contributed by atoms with Crippen LogP contribution < -0.4 is 4.74 Å². The molecule has 0 N–H and O–H groups in total. The van der Waals surface area contributed by atoms with Gasteiger partial charge in [-0.25, -0.2) is 4.99 Å². The zero-order chi connectivity index (χ0) is 27.1. The maximum Gasteiger partial charge on any atom is 0.416 e. The zero-order valence-electron chi connectivity index (χ0n) is 19.8. The lowest BCUT2D eigenvalue weighted by Gasteiger charge is -2.40. The van der Waals surface area contributed by atoms with Crippen LogP contribution in [0.1, 0.15) is 22.7 Å². The number of hydrogen-bond donors (Lipinski definition) is 0. The number of nitrogens with zero attached hydrogens (tertiary/aromatic N) is 3. The average molecular weight is 568 g/mol. The van der Waals surface area contributed by atoms with Crippen LogP contribution in [0.15, 0.2) is 71.7 Å². The molecule has 6 nitrogen and oxygen atoms in total. The summed E-state index contributed by atoms with van der Waals surface area (Å²) in [6.07, 6.45) is -4.53. The topological polar surface area (TPSA) is 62.2 Å². The number of aliphatic imine (C=N–C) groups is 1. The van der Waals surface area contributed by atoms with Crippen molar-refractivity contribution in [3.05, 3.63) is 88.4 Å². The largest absolute Gasteiger partial charge is 0.454 e. The van der Waals surface area contributed by atoms with E-state index in [0.717, 1.165) is 12.1 Å². The van der Waals surface area contributed by atoms with Crippen LogP contribution in [0, 0.1) is 0 Å². The molecule has 0 aromatic heterocycles. The minimum absolute atomic E-state index is 0.291. The van der Waals surface area contributed by atoms with Crippen molar-refractivity contribution in [3.63, 3.8) is 0 Å². The first-order chi connectivity index (χ1) is 18.0. The van der Waals surface area contributed by atoms with Gasteiger partial charge in [0, 0.05) is 31.2 Å². The molecular weight excluding hydrogens is 546 g/mol. The zero-order valence-corrected chi connectivity index (χ0v) is 21.4. The van der Waals surface area contributed by atoms with Gasteiger partial charge in [-0.2, -0.15) is 21.6 Å². The first-order valence-electron chi connectivity index (χ1n) is 11.7. The third kappa shape index (κ3) is 5.79. The van der Waals surface area contributed by atoms with Crippen LogP contribution in [-0.2, 0) is 16.4 Å². The van der Waals surface area contributed by atoms with E-state index < -0.39 is 33.8 Å². The summed E-state index contributed by atoms with van der Waals surface area (Å²) in [6.45, 7) is 1.43. The summed E-state index contributed by atoms with van der Waals surface area (Å²) < 4.78 is 82.1. The van der Waals surface area contributed by atoms with Gasteiger partial charge in [-0.3, -0.25) is 4.90 Å². The van der Waals surface area contributed by atoms with Crippen LogP contribution in [0.5, 0.6) is 11.5 Å². The van der Waals surface area contributed by atoms with Crippen molar-refractivity contribution in [1.82, 2.24) is 9.80 Å². The van der Waals surface area contributed by atoms with Crippen LogP contribution >= 0.6 is 11.6 Å². The number of amidine groups is 1. The summed E-state index contributed by atoms with van der Waals surface area (Å²) in [5.41, 5.74) is 0.745. The van der Waals surface area contributed by atoms with E-state index in [0.29, 0.717) is 65.4 Å². The molecule has 200 valence electrons. The Morgan fingerprint density at radius 3 is 2.29 bits per heavy atom. The Morgan fingerprint density at radius 2 is 1.63 bits per heavy atom. The second-order valence-electron chi connectivity index (χ2n) is 9.01. The fourth-order valence-corrected chi connectivity index (χ4v) is 5.63. The van der Waals surface area contributed by atoms with Gasteiger partial charge in [0.25, 0.3) is 0 Å². The maximum absolute atomic E-state index is 13.8. The van der Waals surface area contributed by atoms with Crippen LogP contribution in [0.25, 0.3) is 0 Å². The molecule has 5 rings (SSSR count). The van der Waals surface area contributed by atoms with Gasteiger partial charge >= 0.3 is 16.4 Å². The SMILES string of the molecule is O=S(=O)(F)C[C@@H](c1ccc(C(F)(F)F)cc1)N1CCN(C2=Nc3ccccc3Oc3ccc(Cl)cc32)CC1. The lowest BCUT2D eigenvalue weighted by atomic mass is 10.0. The number of halogens is 5. The third-order valence-electron chi connectivity index (χ3n) is 6.53. The number of para-hydroxylation sites is 2. The van der Waals surface area contributed by atoms with E-state index >= 15 is 0 Å². The van der Waals surface area contributed by atoms with E-state index in [1.165, 1.54) is 12.1 Å². The molecule has 0 bridgehead atoms. The van der Waals surface area contributed by atoms with Gasteiger partial charge in [-0.15, -0.1) is 3.89 Å². The molecule has 2 aliphatic heterocycles. The predicted molar refractivity (Wildman–Crippen MR) is 136 cm³/mol. The summed E-state index contributed by atoms with van der Waals surface area (Å²) >= 11 is 6.28. The number of alkyl halides is 3. The maximum atomic E-state index is 13.8. The molecule has 2 aliphatic rings. The highest BCUT2D eigenvalue weighted by Crippen LogP contribution is 2.39. The third-order valence-corrected chi connectivity index (χ3v) is 7.48. The van der Waals surface area contributed by atoms with E-state index in [1.807, 2.05) is 29.2 Å². The standard InChI is InChI=1S/C26H22ClF4N3O3S/c27-19-9-10-23-20(15-19)25(32-21-3-1-2-4-24(21)37-23)34-13-11-33(12-14-34)22(16-38(31,35)36)17-5-7-18(8-6-17)26(28,29)30/h1-10,15,22H,11-14,16H2/t22-/m0/s1. The Balaban J connectivity index is 1.42. The van der Waals surface area contributed by atoms with Crippen molar-refractivity contribution in [2.75, 3.05) is 31.9 Å². The van der Waals surface area contributed by atoms with Crippen LogP contribution in [-0.4, -0.2) is 56.0 Å². The van der Waals surface area contributed by atoms with Crippen LogP contribution in [0.4, 0.5) is 22.7 Å². The van der Waals surface area contributed by atoms with Crippen molar-refractivity contribution in [2.24, 2.45) is 4.99 Å². The first kappa shape index (κ1) is 26.5. The van der Waals surface area contributed by atoms with Crippen molar-refractivity contribution in [2.45, 2.75) is 12.2 Å².